The largest absolute Gasteiger partial charge is 0.381 e. The second-order valence-corrected chi connectivity index (χ2v) is 8.44. The van der Waals surface area contributed by atoms with Gasteiger partial charge in [0, 0.05) is 25.2 Å². The number of nitrogens with one attached hydrogen (secondary N) is 1. The van der Waals surface area contributed by atoms with Crippen LogP contribution in [0.15, 0.2) is 41.3 Å². The number of aromatic nitrogens is 2. The number of anilines is 1. The first-order valence-corrected chi connectivity index (χ1v) is 10.9. The zero-order valence-electron chi connectivity index (χ0n) is 16.8. The molecule has 2 fully saturated rings. The van der Waals surface area contributed by atoms with E-state index in [1.807, 2.05) is 30.3 Å². The number of rotatable bonds is 6. The first-order valence-electron chi connectivity index (χ1n) is 10.5. The first kappa shape index (κ1) is 20.4. The maximum absolute atomic E-state index is 12.7. The summed E-state index contributed by atoms with van der Waals surface area (Å²) >= 11 is 6.44. The van der Waals surface area contributed by atoms with Crippen molar-refractivity contribution in [2.45, 2.75) is 44.2 Å². The summed E-state index contributed by atoms with van der Waals surface area (Å²) in [5, 5.41) is 8.03. The van der Waals surface area contributed by atoms with E-state index in [2.05, 4.69) is 15.3 Å². The van der Waals surface area contributed by atoms with Crippen LogP contribution in [0.5, 0.6) is 0 Å². The Labute approximate surface area is 176 Å². The minimum absolute atomic E-state index is 0.101. The molecule has 2 aromatic rings. The van der Waals surface area contributed by atoms with Crippen LogP contribution >= 0.6 is 11.6 Å². The van der Waals surface area contributed by atoms with E-state index >= 15 is 0 Å². The molecule has 1 saturated heterocycles. The van der Waals surface area contributed by atoms with Gasteiger partial charge in [-0.15, -0.1) is 0 Å². The summed E-state index contributed by atoms with van der Waals surface area (Å²) in [7, 11) is 0. The van der Waals surface area contributed by atoms with Crippen molar-refractivity contribution in [2.24, 2.45) is 0 Å². The maximum atomic E-state index is 12.7. The van der Waals surface area contributed by atoms with Gasteiger partial charge in [-0.25, -0.2) is 4.68 Å². The molecule has 4 rings (SSSR count). The van der Waals surface area contributed by atoms with Crippen molar-refractivity contribution in [1.29, 1.82) is 0 Å². The Morgan fingerprint density at radius 2 is 1.83 bits per heavy atom. The molecule has 0 amide bonds. The zero-order valence-corrected chi connectivity index (χ0v) is 17.5. The van der Waals surface area contributed by atoms with Crippen LogP contribution in [0.1, 0.15) is 37.7 Å². The van der Waals surface area contributed by atoms with Crippen LogP contribution in [0.2, 0.25) is 5.02 Å². The molecule has 156 valence electrons. The van der Waals surface area contributed by atoms with E-state index in [-0.39, 0.29) is 16.1 Å². The third kappa shape index (κ3) is 4.65. The van der Waals surface area contributed by atoms with Gasteiger partial charge in [0.15, 0.2) is 0 Å². The lowest BCUT2D eigenvalue weighted by atomic mass is 9.79. The quantitative estimate of drug-likeness (QED) is 0.782. The predicted molar refractivity (Wildman–Crippen MR) is 116 cm³/mol. The van der Waals surface area contributed by atoms with E-state index in [1.54, 1.807) is 6.20 Å². The Balaban J connectivity index is 1.49. The molecule has 1 aromatic heterocycles. The van der Waals surface area contributed by atoms with Gasteiger partial charge >= 0.3 is 0 Å². The fourth-order valence-corrected chi connectivity index (χ4v) is 4.78. The van der Waals surface area contributed by atoms with E-state index in [0.29, 0.717) is 12.2 Å². The number of benzene rings is 1. The summed E-state index contributed by atoms with van der Waals surface area (Å²) in [6.07, 6.45) is 7.78. The Bertz CT molecular complexity index is 859. The summed E-state index contributed by atoms with van der Waals surface area (Å²) in [4.78, 5) is 15.3. The van der Waals surface area contributed by atoms with Gasteiger partial charge in [-0.05, 0) is 18.4 Å². The molecule has 0 bridgehead atoms. The average Bonchev–Trinajstić information content (AvgIpc) is 2.78. The van der Waals surface area contributed by atoms with E-state index in [1.165, 1.54) is 23.9 Å². The SMILES string of the molecule is O=c1c(Cl)c(NCC2(N3CCOCC3)CCCCC2)cnn1Cc1ccccc1. The molecule has 1 aliphatic heterocycles. The summed E-state index contributed by atoms with van der Waals surface area (Å²) in [6, 6.07) is 9.81. The Hall–Kier alpha value is -1.89. The molecule has 2 heterocycles. The number of hydrogen-bond acceptors (Lipinski definition) is 5. The van der Waals surface area contributed by atoms with Crippen LogP contribution in [0, 0.1) is 0 Å². The fourth-order valence-electron chi connectivity index (χ4n) is 4.57. The summed E-state index contributed by atoms with van der Waals surface area (Å²) in [6.45, 7) is 4.70. The lowest BCUT2D eigenvalue weighted by Crippen LogP contribution is -2.58. The van der Waals surface area contributed by atoms with E-state index in [0.717, 1.165) is 51.3 Å². The maximum Gasteiger partial charge on any atom is 0.287 e. The van der Waals surface area contributed by atoms with Crippen LogP contribution in [-0.2, 0) is 11.3 Å². The molecule has 6 nitrogen and oxygen atoms in total. The molecule has 2 aliphatic rings. The van der Waals surface area contributed by atoms with Crippen molar-refractivity contribution < 1.29 is 4.74 Å². The normalized spacial score (nSPS) is 19.8. The van der Waals surface area contributed by atoms with Gasteiger partial charge in [-0.3, -0.25) is 9.69 Å². The molecule has 29 heavy (non-hydrogen) atoms. The van der Waals surface area contributed by atoms with Gasteiger partial charge < -0.3 is 10.1 Å². The van der Waals surface area contributed by atoms with Crippen LogP contribution in [0.25, 0.3) is 0 Å². The van der Waals surface area contributed by atoms with E-state index in [9.17, 15) is 4.79 Å². The zero-order chi connectivity index (χ0) is 20.1. The van der Waals surface area contributed by atoms with E-state index in [4.69, 9.17) is 16.3 Å². The first-order chi connectivity index (χ1) is 14.2. The van der Waals surface area contributed by atoms with Crippen molar-refractivity contribution in [3.63, 3.8) is 0 Å². The lowest BCUT2D eigenvalue weighted by Gasteiger charge is -2.48. The third-order valence-corrected chi connectivity index (χ3v) is 6.60. The van der Waals surface area contributed by atoms with Crippen LogP contribution in [0.4, 0.5) is 5.69 Å². The summed E-state index contributed by atoms with van der Waals surface area (Å²) < 4.78 is 6.98. The average molecular weight is 417 g/mol. The summed E-state index contributed by atoms with van der Waals surface area (Å²) in [5.74, 6) is 0. The number of halogens is 1. The van der Waals surface area contributed by atoms with Gasteiger partial charge in [-0.2, -0.15) is 5.10 Å². The molecule has 1 saturated carbocycles. The number of ether oxygens (including phenoxy) is 1. The third-order valence-electron chi connectivity index (χ3n) is 6.23. The van der Waals surface area contributed by atoms with Gasteiger partial charge in [0.05, 0.1) is 31.6 Å². The predicted octanol–water partition coefficient (Wildman–Crippen LogP) is 3.39. The second-order valence-electron chi connectivity index (χ2n) is 8.06. The molecular weight excluding hydrogens is 388 g/mol. The van der Waals surface area contributed by atoms with Crippen molar-refractivity contribution in [1.82, 2.24) is 14.7 Å². The molecule has 0 unspecified atom stereocenters. The highest BCUT2D eigenvalue weighted by Gasteiger charge is 2.38. The topological polar surface area (TPSA) is 59.4 Å². The van der Waals surface area contributed by atoms with Gasteiger partial charge in [0.2, 0.25) is 0 Å². The molecule has 1 aliphatic carbocycles. The van der Waals surface area contributed by atoms with Gasteiger partial charge in [0.25, 0.3) is 5.56 Å². The highest BCUT2D eigenvalue weighted by atomic mass is 35.5. The smallest absolute Gasteiger partial charge is 0.287 e. The second kappa shape index (κ2) is 9.28. The van der Waals surface area contributed by atoms with Crippen molar-refractivity contribution >= 4 is 17.3 Å². The van der Waals surface area contributed by atoms with Gasteiger partial charge in [-0.1, -0.05) is 61.2 Å². The number of morpholine rings is 1. The molecule has 1 N–H and O–H groups in total. The fraction of sp³-hybridized carbons (Fsp3) is 0.545. The number of nitrogens with zero attached hydrogens (tertiary/aromatic N) is 3. The van der Waals surface area contributed by atoms with Gasteiger partial charge in [0.1, 0.15) is 5.02 Å². The summed E-state index contributed by atoms with van der Waals surface area (Å²) in [5.41, 5.74) is 1.49. The number of hydrogen-bond donors (Lipinski definition) is 1. The van der Waals surface area contributed by atoms with Crippen LogP contribution < -0.4 is 10.9 Å². The standard InChI is InChI=1S/C22H29ClN4O2/c23-20-19(15-25-27(21(20)28)16-18-7-3-1-4-8-18)24-17-22(9-5-2-6-10-22)26-11-13-29-14-12-26/h1,3-4,7-8,15,24H,2,5-6,9-14,16-17H2. The molecule has 1 aromatic carbocycles. The Kier molecular flexibility index (Phi) is 6.53. The van der Waals surface area contributed by atoms with E-state index < -0.39 is 0 Å². The van der Waals surface area contributed by atoms with Crippen molar-refractivity contribution in [2.75, 3.05) is 38.2 Å². The Morgan fingerprint density at radius 3 is 2.55 bits per heavy atom. The van der Waals surface area contributed by atoms with Crippen molar-refractivity contribution in [3.05, 3.63) is 57.5 Å². The molecule has 0 atom stereocenters. The molecule has 0 radical (unpaired) electrons. The minimum Gasteiger partial charge on any atom is -0.381 e. The highest BCUT2D eigenvalue weighted by molar-refractivity contribution is 6.32. The van der Waals surface area contributed by atoms with Crippen LogP contribution in [-0.4, -0.2) is 53.1 Å². The van der Waals surface area contributed by atoms with Crippen molar-refractivity contribution in [3.8, 4) is 0 Å². The minimum atomic E-state index is -0.260. The molecular formula is C22H29ClN4O2. The molecule has 7 heteroatoms. The lowest BCUT2D eigenvalue weighted by molar-refractivity contribution is -0.0318. The van der Waals surface area contributed by atoms with Crippen LogP contribution in [0.3, 0.4) is 0 Å². The highest BCUT2D eigenvalue weighted by Crippen LogP contribution is 2.35. The molecule has 0 spiro atoms. The Morgan fingerprint density at radius 1 is 1.10 bits per heavy atom. The monoisotopic (exact) mass is 416 g/mol.